The fourth-order valence-electron chi connectivity index (χ4n) is 3.55. The number of rotatable bonds is 6. The third kappa shape index (κ3) is 5.33. The van der Waals surface area contributed by atoms with Crippen molar-refractivity contribution in [2.75, 3.05) is 0 Å². The van der Waals surface area contributed by atoms with E-state index in [2.05, 4.69) is 24.4 Å². The molecule has 0 aliphatic heterocycles. The molecule has 2 aromatic rings. The van der Waals surface area contributed by atoms with E-state index in [9.17, 15) is 4.79 Å². The van der Waals surface area contributed by atoms with Crippen LogP contribution in [0.2, 0.25) is 5.02 Å². The molecule has 1 aliphatic rings. The number of hydrogen-bond donors (Lipinski definition) is 1. The molecule has 138 valence electrons. The second-order valence-electron chi connectivity index (χ2n) is 7.10. The highest BCUT2D eigenvalue weighted by atomic mass is 35.5. The Bertz CT molecular complexity index is 694. The number of carbonyl (C=O) groups excluding carboxylic acids is 1. The van der Waals surface area contributed by atoms with Crippen molar-refractivity contribution in [2.24, 2.45) is 5.92 Å². The molecule has 26 heavy (non-hydrogen) atoms. The quantitative estimate of drug-likeness (QED) is 0.754. The van der Waals surface area contributed by atoms with Crippen LogP contribution in [-0.4, -0.2) is 18.1 Å². The number of halogens is 1. The third-order valence-corrected chi connectivity index (χ3v) is 5.47. The number of ether oxygens (including phenoxy) is 1. The van der Waals surface area contributed by atoms with Gasteiger partial charge >= 0.3 is 0 Å². The Kier molecular flexibility index (Phi) is 6.70. The van der Waals surface area contributed by atoms with Crippen LogP contribution in [0.1, 0.15) is 48.5 Å². The van der Waals surface area contributed by atoms with Gasteiger partial charge in [-0.25, -0.2) is 0 Å². The van der Waals surface area contributed by atoms with Crippen molar-refractivity contribution in [1.82, 2.24) is 5.32 Å². The lowest BCUT2D eigenvalue weighted by Gasteiger charge is -2.32. The topological polar surface area (TPSA) is 38.3 Å². The minimum Gasteiger partial charge on any atom is -0.374 e. The zero-order chi connectivity index (χ0) is 18.4. The molecule has 1 amide bonds. The minimum atomic E-state index is -0.0309. The van der Waals surface area contributed by atoms with E-state index >= 15 is 0 Å². The van der Waals surface area contributed by atoms with Crippen LogP contribution in [0, 0.1) is 5.92 Å². The Hall–Kier alpha value is -1.84. The number of amides is 1. The van der Waals surface area contributed by atoms with Crippen molar-refractivity contribution in [1.29, 1.82) is 0 Å². The van der Waals surface area contributed by atoms with Gasteiger partial charge in [-0.1, -0.05) is 41.9 Å². The molecule has 0 radical (unpaired) electrons. The Labute approximate surface area is 160 Å². The van der Waals surface area contributed by atoms with Gasteiger partial charge in [-0.05, 0) is 68.4 Å². The maximum atomic E-state index is 12.4. The minimum absolute atomic E-state index is 0.0309. The van der Waals surface area contributed by atoms with E-state index in [1.807, 2.05) is 18.2 Å². The number of carbonyl (C=O) groups is 1. The highest BCUT2D eigenvalue weighted by molar-refractivity contribution is 6.30. The van der Waals surface area contributed by atoms with Crippen molar-refractivity contribution < 1.29 is 9.53 Å². The molecule has 0 saturated heterocycles. The molecule has 4 heteroatoms. The van der Waals surface area contributed by atoms with Gasteiger partial charge in [-0.15, -0.1) is 0 Å². The van der Waals surface area contributed by atoms with Crippen molar-refractivity contribution in [3.63, 3.8) is 0 Å². The Morgan fingerprint density at radius 2 is 1.73 bits per heavy atom. The molecule has 3 rings (SSSR count). The van der Waals surface area contributed by atoms with Gasteiger partial charge in [0.1, 0.15) is 0 Å². The van der Waals surface area contributed by atoms with Crippen molar-refractivity contribution >= 4 is 17.5 Å². The Morgan fingerprint density at radius 1 is 1.08 bits per heavy atom. The lowest BCUT2D eigenvalue weighted by molar-refractivity contribution is 0.00411. The zero-order valence-corrected chi connectivity index (χ0v) is 15.9. The summed E-state index contributed by atoms with van der Waals surface area (Å²) >= 11 is 5.88. The van der Waals surface area contributed by atoms with E-state index in [-0.39, 0.29) is 11.9 Å². The van der Waals surface area contributed by atoms with Crippen LogP contribution in [0.15, 0.2) is 54.6 Å². The molecule has 1 saturated carbocycles. The molecular formula is C22H26ClNO2. The molecule has 1 atom stereocenters. The summed E-state index contributed by atoms with van der Waals surface area (Å²) in [4.78, 5) is 12.4. The summed E-state index contributed by atoms with van der Waals surface area (Å²) in [5.41, 5.74) is 1.87. The predicted octanol–water partition coefficient (Wildman–Crippen LogP) is 5.23. The summed E-state index contributed by atoms with van der Waals surface area (Å²) < 4.78 is 6.06. The van der Waals surface area contributed by atoms with Crippen molar-refractivity contribution in [3.8, 4) is 0 Å². The van der Waals surface area contributed by atoms with Crippen molar-refractivity contribution in [3.05, 3.63) is 70.7 Å². The number of nitrogens with one attached hydrogen (secondary N) is 1. The van der Waals surface area contributed by atoms with E-state index in [0.29, 0.717) is 29.2 Å². The van der Waals surface area contributed by atoms with Gasteiger partial charge in [-0.2, -0.15) is 0 Å². The molecule has 1 fully saturated rings. The highest BCUT2D eigenvalue weighted by Crippen LogP contribution is 2.29. The van der Waals surface area contributed by atoms with Crippen LogP contribution in [0.25, 0.3) is 0 Å². The molecule has 2 aromatic carbocycles. The van der Waals surface area contributed by atoms with E-state index in [1.165, 1.54) is 5.56 Å². The van der Waals surface area contributed by atoms with Gasteiger partial charge in [0.15, 0.2) is 0 Å². The van der Waals surface area contributed by atoms with Crippen LogP contribution >= 0.6 is 11.6 Å². The second kappa shape index (κ2) is 9.20. The number of benzene rings is 2. The van der Waals surface area contributed by atoms with Crippen molar-refractivity contribution in [2.45, 2.75) is 51.4 Å². The SMILES string of the molecule is CC(NC(=O)c1ccc(Cl)cc1)C1CCC(OCc2ccccc2)CC1. The zero-order valence-electron chi connectivity index (χ0n) is 15.2. The lowest BCUT2D eigenvalue weighted by atomic mass is 9.83. The van der Waals surface area contributed by atoms with Crippen LogP contribution < -0.4 is 5.32 Å². The average molecular weight is 372 g/mol. The summed E-state index contributed by atoms with van der Waals surface area (Å²) in [6, 6.07) is 17.5. The summed E-state index contributed by atoms with van der Waals surface area (Å²) in [7, 11) is 0. The Balaban J connectivity index is 1.42. The summed E-state index contributed by atoms with van der Waals surface area (Å²) in [5.74, 6) is 0.472. The summed E-state index contributed by atoms with van der Waals surface area (Å²) in [6.45, 7) is 2.78. The molecule has 0 spiro atoms. The molecule has 0 heterocycles. The third-order valence-electron chi connectivity index (χ3n) is 5.22. The van der Waals surface area contributed by atoms with Gasteiger partial charge in [-0.3, -0.25) is 4.79 Å². The molecule has 3 nitrogen and oxygen atoms in total. The monoisotopic (exact) mass is 371 g/mol. The predicted molar refractivity (Wildman–Crippen MR) is 105 cm³/mol. The van der Waals surface area contributed by atoms with Gasteiger partial charge in [0.2, 0.25) is 0 Å². The molecule has 0 bridgehead atoms. The maximum absolute atomic E-state index is 12.4. The highest BCUT2D eigenvalue weighted by Gasteiger charge is 2.26. The van der Waals surface area contributed by atoms with Gasteiger partial charge < -0.3 is 10.1 Å². The van der Waals surface area contributed by atoms with Crippen LogP contribution in [0.3, 0.4) is 0 Å². The maximum Gasteiger partial charge on any atom is 0.251 e. The molecular weight excluding hydrogens is 346 g/mol. The van der Waals surface area contributed by atoms with Gasteiger partial charge in [0.05, 0.1) is 12.7 Å². The van der Waals surface area contributed by atoms with Gasteiger partial charge in [0.25, 0.3) is 5.91 Å². The first-order valence-corrected chi connectivity index (χ1v) is 9.71. The van der Waals surface area contributed by atoms with E-state index in [4.69, 9.17) is 16.3 Å². The first kappa shape index (κ1) is 18.9. The molecule has 1 N–H and O–H groups in total. The smallest absolute Gasteiger partial charge is 0.251 e. The van der Waals surface area contributed by atoms with Crippen LogP contribution in [0.4, 0.5) is 0 Å². The average Bonchev–Trinajstić information content (AvgIpc) is 2.68. The molecule has 1 aliphatic carbocycles. The Morgan fingerprint density at radius 3 is 2.38 bits per heavy atom. The summed E-state index contributed by atoms with van der Waals surface area (Å²) in [6.07, 6.45) is 4.60. The van der Waals surface area contributed by atoms with Gasteiger partial charge in [0, 0.05) is 16.6 Å². The first-order valence-electron chi connectivity index (χ1n) is 9.34. The van der Waals surface area contributed by atoms with Crippen LogP contribution in [-0.2, 0) is 11.3 Å². The van der Waals surface area contributed by atoms with E-state index in [1.54, 1.807) is 24.3 Å². The first-order chi connectivity index (χ1) is 12.6. The normalized spacial score (nSPS) is 21.2. The number of hydrogen-bond acceptors (Lipinski definition) is 2. The van der Waals surface area contributed by atoms with Crippen LogP contribution in [0.5, 0.6) is 0 Å². The molecule has 1 unspecified atom stereocenters. The fraction of sp³-hybridized carbons (Fsp3) is 0.409. The fourth-order valence-corrected chi connectivity index (χ4v) is 3.68. The standard InChI is InChI=1S/C22H26ClNO2/c1-16(24-22(25)19-7-11-20(23)12-8-19)18-9-13-21(14-10-18)26-15-17-5-3-2-4-6-17/h2-8,11-12,16,18,21H,9-10,13-15H2,1H3,(H,24,25). The van der Waals surface area contributed by atoms with E-state index in [0.717, 1.165) is 25.7 Å². The summed E-state index contributed by atoms with van der Waals surface area (Å²) in [5, 5.41) is 3.78. The molecule has 0 aromatic heterocycles. The second-order valence-corrected chi connectivity index (χ2v) is 7.54. The van der Waals surface area contributed by atoms with E-state index < -0.39 is 0 Å². The lowest BCUT2D eigenvalue weighted by Crippen LogP contribution is -2.40. The largest absolute Gasteiger partial charge is 0.374 e.